The molecule has 18 heavy (non-hydrogen) atoms. The second kappa shape index (κ2) is 4.13. The van der Waals surface area contributed by atoms with Crippen LogP contribution in [0, 0.1) is 0 Å². The number of pyridine rings is 1. The Bertz CT molecular complexity index is 640. The number of hydrogen-bond acceptors (Lipinski definition) is 2. The minimum absolute atomic E-state index is 0.0633. The minimum Gasteiger partial charge on any atom is -0.478 e. The van der Waals surface area contributed by atoms with Gasteiger partial charge in [-0.1, -0.05) is 11.6 Å². The maximum Gasteiger partial charge on any atom is 0.433 e. The van der Waals surface area contributed by atoms with Gasteiger partial charge in [-0.15, -0.1) is 0 Å². The van der Waals surface area contributed by atoms with Crippen molar-refractivity contribution in [3.05, 3.63) is 40.5 Å². The Morgan fingerprint density at radius 1 is 1.28 bits per heavy atom. The Labute approximate surface area is 104 Å². The van der Waals surface area contributed by atoms with E-state index in [2.05, 4.69) is 4.98 Å². The first-order valence-corrected chi connectivity index (χ1v) is 5.07. The standard InChI is InChI=1S/C11H5ClF3NO2/c12-5-1-2-8-6(3-5)7(10(17)18)4-9(16-8)11(13,14)15/h1-4H,(H,17,18). The zero-order valence-corrected chi connectivity index (χ0v) is 9.38. The van der Waals surface area contributed by atoms with E-state index in [-0.39, 0.29) is 15.9 Å². The molecule has 0 aliphatic carbocycles. The smallest absolute Gasteiger partial charge is 0.433 e. The van der Waals surface area contributed by atoms with Crippen molar-refractivity contribution in [1.29, 1.82) is 0 Å². The van der Waals surface area contributed by atoms with Gasteiger partial charge in [-0.2, -0.15) is 13.2 Å². The van der Waals surface area contributed by atoms with Crippen molar-refractivity contribution < 1.29 is 23.1 Å². The molecule has 1 aromatic carbocycles. The number of carbonyl (C=O) groups is 1. The Morgan fingerprint density at radius 2 is 1.94 bits per heavy atom. The summed E-state index contributed by atoms with van der Waals surface area (Å²) in [6.45, 7) is 0. The summed E-state index contributed by atoms with van der Waals surface area (Å²) in [5.74, 6) is -1.46. The van der Waals surface area contributed by atoms with E-state index in [1.165, 1.54) is 18.2 Å². The molecule has 2 aromatic rings. The fourth-order valence-electron chi connectivity index (χ4n) is 1.52. The normalized spacial score (nSPS) is 11.8. The van der Waals surface area contributed by atoms with E-state index in [4.69, 9.17) is 16.7 Å². The number of fused-ring (bicyclic) bond motifs is 1. The lowest BCUT2D eigenvalue weighted by molar-refractivity contribution is -0.140. The lowest BCUT2D eigenvalue weighted by atomic mass is 10.1. The van der Waals surface area contributed by atoms with E-state index in [9.17, 15) is 18.0 Å². The van der Waals surface area contributed by atoms with Crippen LogP contribution in [0.1, 0.15) is 16.1 Å². The SMILES string of the molecule is O=C(O)c1cc(C(F)(F)F)nc2ccc(Cl)cc12. The van der Waals surface area contributed by atoms with E-state index in [1.54, 1.807) is 0 Å². The number of alkyl halides is 3. The van der Waals surface area contributed by atoms with Gasteiger partial charge in [0.15, 0.2) is 0 Å². The average Bonchev–Trinajstić information content (AvgIpc) is 2.25. The van der Waals surface area contributed by atoms with Gasteiger partial charge < -0.3 is 5.11 Å². The van der Waals surface area contributed by atoms with Gasteiger partial charge in [0, 0.05) is 10.4 Å². The van der Waals surface area contributed by atoms with Gasteiger partial charge in [0.25, 0.3) is 0 Å². The van der Waals surface area contributed by atoms with E-state index < -0.39 is 23.4 Å². The molecule has 3 nitrogen and oxygen atoms in total. The number of aromatic carboxylic acids is 1. The summed E-state index contributed by atoms with van der Waals surface area (Å²) in [6, 6.07) is 4.37. The molecule has 0 spiro atoms. The van der Waals surface area contributed by atoms with Gasteiger partial charge >= 0.3 is 12.1 Å². The van der Waals surface area contributed by atoms with Crippen molar-refractivity contribution in [3.8, 4) is 0 Å². The monoisotopic (exact) mass is 275 g/mol. The quantitative estimate of drug-likeness (QED) is 0.865. The first-order chi connectivity index (χ1) is 8.29. The third-order valence-corrected chi connectivity index (χ3v) is 2.53. The van der Waals surface area contributed by atoms with Crippen LogP contribution in [-0.2, 0) is 6.18 Å². The molecule has 0 amide bonds. The molecule has 94 valence electrons. The molecule has 0 aliphatic rings. The largest absolute Gasteiger partial charge is 0.478 e. The molecule has 0 saturated carbocycles. The van der Waals surface area contributed by atoms with Crippen LogP contribution < -0.4 is 0 Å². The lowest BCUT2D eigenvalue weighted by Crippen LogP contribution is -2.11. The van der Waals surface area contributed by atoms with Gasteiger partial charge in [0.2, 0.25) is 0 Å². The number of rotatable bonds is 1. The highest BCUT2D eigenvalue weighted by atomic mass is 35.5. The van der Waals surface area contributed by atoms with Crippen LogP contribution in [0.4, 0.5) is 13.2 Å². The summed E-state index contributed by atoms with van der Waals surface area (Å²) < 4.78 is 37.7. The number of carboxylic acid groups (broad SMARTS) is 1. The van der Waals surface area contributed by atoms with E-state index in [0.29, 0.717) is 6.07 Å². The predicted octanol–water partition coefficient (Wildman–Crippen LogP) is 3.61. The molecule has 0 unspecified atom stereocenters. The van der Waals surface area contributed by atoms with Gasteiger partial charge in [-0.25, -0.2) is 9.78 Å². The second-order valence-corrected chi connectivity index (χ2v) is 3.96. The van der Waals surface area contributed by atoms with Crippen LogP contribution in [0.3, 0.4) is 0 Å². The highest BCUT2D eigenvalue weighted by Gasteiger charge is 2.34. The van der Waals surface area contributed by atoms with Crippen molar-refractivity contribution >= 4 is 28.5 Å². The predicted molar refractivity (Wildman–Crippen MR) is 58.7 cm³/mol. The molecule has 2 rings (SSSR count). The van der Waals surface area contributed by atoms with Gasteiger partial charge in [0.05, 0.1) is 11.1 Å². The molecule has 0 atom stereocenters. The molecular formula is C11H5ClF3NO2. The molecule has 0 aliphatic heterocycles. The third kappa shape index (κ3) is 2.24. The van der Waals surface area contributed by atoms with Crippen LogP contribution in [0.5, 0.6) is 0 Å². The number of aromatic nitrogens is 1. The maximum absolute atomic E-state index is 12.6. The lowest BCUT2D eigenvalue weighted by Gasteiger charge is -2.09. The third-order valence-electron chi connectivity index (χ3n) is 2.29. The molecule has 1 N–H and O–H groups in total. The van der Waals surface area contributed by atoms with Crippen LogP contribution in [-0.4, -0.2) is 16.1 Å². The second-order valence-electron chi connectivity index (χ2n) is 3.52. The molecule has 0 saturated heterocycles. The fourth-order valence-corrected chi connectivity index (χ4v) is 1.69. The molecule has 1 heterocycles. The molecular weight excluding hydrogens is 271 g/mol. The van der Waals surface area contributed by atoms with Crippen LogP contribution in [0.15, 0.2) is 24.3 Å². The highest BCUT2D eigenvalue weighted by Crippen LogP contribution is 2.31. The van der Waals surface area contributed by atoms with Crippen molar-refractivity contribution in [2.75, 3.05) is 0 Å². The summed E-state index contributed by atoms with van der Waals surface area (Å²) in [4.78, 5) is 14.4. The maximum atomic E-state index is 12.6. The number of nitrogens with zero attached hydrogens (tertiary/aromatic N) is 1. The Morgan fingerprint density at radius 3 is 2.50 bits per heavy atom. The summed E-state index contributed by atoms with van der Waals surface area (Å²) in [6.07, 6.45) is -4.70. The van der Waals surface area contributed by atoms with Crippen molar-refractivity contribution in [2.24, 2.45) is 0 Å². The average molecular weight is 276 g/mol. The zero-order valence-electron chi connectivity index (χ0n) is 8.62. The molecule has 0 radical (unpaired) electrons. The van der Waals surface area contributed by atoms with Crippen molar-refractivity contribution in [3.63, 3.8) is 0 Å². The molecule has 7 heteroatoms. The van der Waals surface area contributed by atoms with Crippen molar-refractivity contribution in [1.82, 2.24) is 4.98 Å². The van der Waals surface area contributed by atoms with Crippen LogP contribution in [0.2, 0.25) is 5.02 Å². The van der Waals surface area contributed by atoms with Crippen LogP contribution >= 0.6 is 11.6 Å². The summed E-state index contributed by atoms with van der Waals surface area (Å²) in [5, 5.41) is 9.23. The number of benzene rings is 1. The minimum atomic E-state index is -4.70. The summed E-state index contributed by atoms with van der Waals surface area (Å²) in [5.41, 5.74) is -1.78. The van der Waals surface area contributed by atoms with E-state index in [0.717, 1.165) is 0 Å². The first kappa shape index (κ1) is 12.6. The van der Waals surface area contributed by atoms with Gasteiger partial charge in [-0.3, -0.25) is 0 Å². The number of carboxylic acids is 1. The van der Waals surface area contributed by atoms with E-state index in [1.807, 2.05) is 0 Å². The molecule has 0 bridgehead atoms. The fraction of sp³-hybridized carbons (Fsp3) is 0.0909. The Kier molecular flexibility index (Phi) is 2.90. The first-order valence-electron chi connectivity index (χ1n) is 4.70. The van der Waals surface area contributed by atoms with Crippen LogP contribution in [0.25, 0.3) is 10.9 Å². The zero-order chi connectivity index (χ0) is 13.5. The topological polar surface area (TPSA) is 50.2 Å². The Balaban J connectivity index is 2.83. The molecule has 0 fully saturated rings. The molecule has 1 aromatic heterocycles. The van der Waals surface area contributed by atoms with Crippen molar-refractivity contribution in [2.45, 2.75) is 6.18 Å². The summed E-state index contributed by atoms with van der Waals surface area (Å²) in [7, 11) is 0. The highest BCUT2D eigenvalue weighted by molar-refractivity contribution is 6.31. The number of hydrogen-bond donors (Lipinski definition) is 1. The number of halogens is 4. The van der Waals surface area contributed by atoms with E-state index >= 15 is 0 Å². The van der Waals surface area contributed by atoms with Gasteiger partial charge in [-0.05, 0) is 24.3 Å². The van der Waals surface area contributed by atoms with Gasteiger partial charge in [0.1, 0.15) is 5.69 Å². The summed E-state index contributed by atoms with van der Waals surface area (Å²) >= 11 is 5.68. The Hall–Kier alpha value is -1.82.